The van der Waals surface area contributed by atoms with Crippen LogP contribution in [-0.4, -0.2) is 0 Å². The van der Waals surface area contributed by atoms with E-state index in [0.717, 1.165) is 44.8 Å². The molecule has 2 aliphatic rings. The lowest BCUT2D eigenvalue weighted by atomic mass is 9.81. The van der Waals surface area contributed by atoms with Gasteiger partial charge in [-0.1, -0.05) is 129 Å². The van der Waals surface area contributed by atoms with Crippen LogP contribution < -0.4 is 9.64 Å². The molecule has 0 atom stereocenters. The minimum atomic E-state index is -0.187. The van der Waals surface area contributed by atoms with Crippen LogP contribution in [0.25, 0.3) is 64.3 Å². The van der Waals surface area contributed by atoms with Crippen molar-refractivity contribution in [3.8, 4) is 44.9 Å². The molecule has 1 aliphatic heterocycles. The van der Waals surface area contributed by atoms with Gasteiger partial charge in [0.25, 0.3) is 0 Å². The zero-order valence-electron chi connectivity index (χ0n) is 28.9. The minimum absolute atomic E-state index is 0.187. The maximum Gasteiger partial charge on any atom is 0.136 e. The molecule has 9 aromatic rings. The molecule has 8 aromatic carbocycles. The van der Waals surface area contributed by atoms with E-state index in [4.69, 9.17) is 4.74 Å². The van der Waals surface area contributed by atoms with Crippen LogP contribution in [0.15, 0.2) is 164 Å². The van der Waals surface area contributed by atoms with Crippen LogP contribution in [0.1, 0.15) is 25.0 Å². The van der Waals surface area contributed by atoms with Crippen molar-refractivity contribution >= 4 is 59.3 Å². The van der Waals surface area contributed by atoms with E-state index in [1.807, 2.05) is 11.3 Å². The molecule has 52 heavy (non-hydrogen) atoms. The average molecular weight is 684 g/mol. The van der Waals surface area contributed by atoms with Crippen LogP contribution in [-0.2, 0) is 5.41 Å². The summed E-state index contributed by atoms with van der Waals surface area (Å²) in [5.41, 5.74) is 13.3. The molecule has 3 heteroatoms. The number of benzene rings is 8. The van der Waals surface area contributed by atoms with Crippen LogP contribution >= 0.6 is 11.3 Å². The summed E-state index contributed by atoms with van der Waals surface area (Å²) < 4.78 is 9.38. The molecule has 0 unspecified atom stereocenters. The highest BCUT2D eigenvalue weighted by Crippen LogP contribution is 2.56. The van der Waals surface area contributed by atoms with E-state index in [2.05, 4.69) is 183 Å². The fourth-order valence-electron chi connectivity index (χ4n) is 8.89. The van der Waals surface area contributed by atoms with Crippen LogP contribution in [0, 0.1) is 0 Å². The van der Waals surface area contributed by atoms with Crippen molar-refractivity contribution in [3.63, 3.8) is 0 Å². The Balaban J connectivity index is 1.16. The summed E-state index contributed by atoms with van der Waals surface area (Å²) in [5.74, 6) is 1.78. The summed E-state index contributed by atoms with van der Waals surface area (Å²) in [6, 6.07) is 59.8. The van der Waals surface area contributed by atoms with Crippen molar-refractivity contribution in [2.24, 2.45) is 0 Å². The molecule has 0 radical (unpaired) electrons. The standard InChI is InChI=1S/C49H33NOS/c1-49(2)40-19-8-6-14-33(40)38-17-11-20-42(48(38)49)50(32-23-25-36-35-15-7-9-21-45(35)52-46(36)29-32)41-26-27-43-47-37(16-10-18-39(41)47)34-24-22-31(28-44(34)51-43)30-12-4-3-5-13-30/h3-29H,1-2H3. The number of nitrogens with zero attached hydrogens (tertiary/aromatic N) is 1. The second kappa shape index (κ2) is 10.9. The summed E-state index contributed by atoms with van der Waals surface area (Å²) in [7, 11) is 0. The first-order valence-electron chi connectivity index (χ1n) is 17.9. The molecule has 0 amide bonds. The molecule has 1 aromatic heterocycles. The largest absolute Gasteiger partial charge is 0.456 e. The monoisotopic (exact) mass is 683 g/mol. The molecule has 0 N–H and O–H groups in total. The molecule has 0 saturated heterocycles. The highest BCUT2D eigenvalue weighted by atomic mass is 32.1. The zero-order valence-corrected chi connectivity index (χ0v) is 29.7. The Morgan fingerprint density at radius 1 is 0.481 bits per heavy atom. The normalized spacial score (nSPS) is 13.5. The highest BCUT2D eigenvalue weighted by molar-refractivity contribution is 7.25. The van der Waals surface area contributed by atoms with Crippen molar-refractivity contribution in [2.75, 3.05) is 4.90 Å². The smallest absolute Gasteiger partial charge is 0.136 e. The number of rotatable bonds is 4. The molecular weight excluding hydrogens is 651 g/mol. The lowest BCUT2D eigenvalue weighted by molar-refractivity contribution is 0.487. The molecule has 2 nitrogen and oxygen atoms in total. The quantitative estimate of drug-likeness (QED) is 0.183. The van der Waals surface area contributed by atoms with Gasteiger partial charge in [-0.25, -0.2) is 0 Å². The van der Waals surface area contributed by atoms with Crippen LogP contribution in [0.2, 0.25) is 0 Å². The summed E-state index contributed by atoms with van der Waals surface area (Å²) >= 11 is 1.87. The third-order valence-corrected chi connectivity index (χ3v) is 12.4. The molecule has 0 saturated carbocycles. The maximum atomic E-state index is 6.78. The fourth-order valence-corrected chi connectivity index (χ4v) is 10.0. The second-order valence-electron chi connectivity index (χ2n) is 14.5. The minimum Gasteiger partial charge on any atom is -0.456 e. The fraction of sp³-hybridized carbons (Fsp3) is 0.0612. The van der Waals surface area contributed by atoms with Crippen molar-refractivity contribution in [2.45, 2.75) is 19.3 Å². The van der Waals surface area contributed by atoms with Crippen molar-refractivity contribution < 1.29 is 4.74 Å². The zero-order chi connectivity index (χ0) is 34.6. The van der Waals surface area contributed by atoms with Gasteiger partial charge in [0.1, 0.15) is 11.5 Å². The second-order valence-corrected chi connectivity index (χ2v) is 15.6. The Bertz CT molecular complexity index is 2920. The third kappa shape index (κ3) is 4.17. The van der Waals surface area contributed by atoms with Crippen molar-refractivity contribution in [1.82, 2.24) is 0 Å². The number of thiophene rings is 1. The summed E-state index contributed by atoms with van der Waals surface area (Å²) in [4.78, 5) is 2.51. The number of fused-ring (bicyclic) bond motifs is 8. The van der Waals surface area contributed by atoms with Gasteiger partial charge < -0.3 is 9.64 Å². The molecular formula is C49H33NOS. The molecule has 0 spiro atoms. The summed E-state index contributed by atoms with van der Waals surface area (Å²) in [5, 5.41) is 4.91. The highest BCUT2D eigenvalue weighted by Gasteiger charge is 2.39. The number of anilines is 3. The van der Waals surface area contributed by atoms with Crippen molar-refractivity contribution in [3.05, 3.63) is 175 Å². The van der Waals surface area contributed by atoms with Gasteiger partial charge in [-0.05, 0) is 87.5 Å². The average Bonchev–Trinajstić information content (AvgIpc) is 3.68. The Labute approximate surface area is 306 Å². The van der Waals surface area contributed by atoms with Gasteiger partial charge >= 0.3 is 0 Å². The first kappa shape index (κ1) is 29.6. The summed E-state index contributed by atoms with van der Waals surface area (Å²) in [6.07, 6.45) is 0. The predicted molar refractivity (Wildman–Crippen MR) is 220 cm³/mol. The number of ether oxygens (including phenoxy) is 1. The van der Waals surface area contributed by atoms with Crippen molar-refractivity contribution in [1.29, 1.82) is 0 Å². The third-order valence-electron chi connectivity index (χ3n) is 11.2. The van der Waals surface area contributed by atoms with Gasteiger partial charge in [-0.2, -0.15) is 0 Å². The first-order chi connectivity index (χ1) is 25.5. The number of hydrogen-bond acceptors (Lipinski definition) is 3. The molecule has 0 fully saturated rings. The van der Waals surface area contributed by atoms with E-state index in [9.17, 15) is 0 Å². The molecule has 1 aliphatic carbocycles. The van der Waals surface area contributed by atoms with Gasteiger partial charge in [0, 0.05) is 47.6 Å². The number of hydrogen-bond donors (Lipinski definition) is 0. The first-order valence-corrected chi connectivity index (χ1v) is 18.7. The Hall–Kier alpha value is -6.16. The molecule has 0 bridgehead atoms. The van der Waals surface area contributed by atoms with E-state index >= 15 is 0 Å². The molecule has 246 valence electrons. The van der Waals surface area contributed by atoms with Gasteiger partial charge in [0.15, 0.2) is 0 Å². The van der Waals surface area contributed by atoms with E-state index in [0.29, 0.717) is 0 Å². The van der Waals surface area contributed by atoms with Crippen LogP contribution in [0.4, 0.5) is 17.1 Å². The Kier molecular flexibility index (Phi) is 6.21. The van der Waals surface area contributed by atoms with E-state index in [1.54, 1.807) is 0 Å². The SMILES string of the molecule is CC1(C)c2ccccc2-c2cccc(N(c3ccc4c(c3)sc3ccccc34)c3ccc4c5c(cccc35)-c3ccc(-c5ccccc5)cc3O4)c21. The lowest BCUT2D eigenvalue weighted by Crippen LogP contribution is -2.20. The van der Waals surface area contributed by atoms with Crippen LogP contribution in [0.5, 0.6) is 11.5 Å². The van der Waals surface area contributed by atoms with E-state index in [1.165, 1.54) is 59.2 Å². The van der Waals surface area contributed by atoms with Gasteiger partial charge in [0.2, 0.25) is 0 Å². The Morgan fingerprint density at radius 3 is 2.15 bits per heavy atom. The van der Waals surface area contributed by atoms with E-state index in [-0.39, 0.29) is 5.41 Å². The maximum absolute atomic E-state index is 6.78. The lowest BCUT2D eigenvalue weighted by Gasteiger charge is -2.33. The van der Waals surface area contributed by atoms with Gasteiger partial charge in [0.05, 0.1) is 11.4 Å². The summed E-state index contributed by atoms with van der Waals surface area (Å²) in [6.45, 7) is 4.75. The predicted octanol–water partition coefficient (Wildman–Crippen LogP) is 14.4. The van der Waals surface area contributed by atoms with Gasteiger partial charge in [-0.3, -0.25) is 0 Å². The van der Waals surface area contributed by atoms with Crippen LogP contribution in [0.3, 0.4) is 0 Å². The Morgan fingerprint density at radius 2 is 1.23 bits per heavy atom. The topological polar surface area (TPSA) is 12.5 Å². The van der Waals surface area contributed by atoms with Gasteiger partial charge in [-0.15, -0.1) is 11.3 Å². The molecule has 11 rings (SSSR count). The molecule has 2 heterocycles. The van der Waals surface area contributed by atoms with E-state index < -0.39 is 0 Å².